The maximum absolute atomic E-state index is 13.6. The van der Waals surface area contributed by atoms with Gasteiger partial charge in [0.2, 0.25) is 0 Å². The molecule has 6 nitrogen and oxygen atoms in total. The summed E-state index contributed by atoms with van der Waals surface area (Å²) in [5, 5.41) is 11.5. The van der Waals surface area contributed by atoms with Crippen LogP contribution in [0.25, 0.3) is 0 Å². The minimum atomic E-state index is -2.17. The summed E-state index contributed by atoms with van der Waals surface area (Å²) in [5.41, 5.74) is 0.149. The predicted molar refractivity (Wildman–Crippen MR) is 126 cm³/mol. The molecule has 3 heterocycles. The van der Waals surface area contributed by atoms with E-state index in [2.05, 4.69) is 33.9 Å². The lowest BCUT2D eigenvalue weighted by molar-refractivity contribution is -0.516. The Hall–Kier alpha value is -1.09. The third kappa shape index (κ3) is 3.95. The van der Waals surface area contributed by atoms with E-state index in [4.69, 9.17) is 18.6 Å². The van der Waals surface area contributed by atoms with E-state index in [1.165, 1.54) is 0 Å². The molecule has 6 rings (SSSR count). The number of hydrogen-bond donors (Lipinski definition) is 1. The molecule has 5 aliphatic rings. The minimum absolute atomic E-state index is 0.0112. The van der Waals surface area contributed by atoms with Crippen molar-refractivity contribution in [3.63, 3.8) is 0 Å². The lowest BCUT2D eigenvalue weighted by atomic mass is 9.66. The van der Waals surface area contributed by atoms with E-state index in [1.807, 2.05) is 37.3 Å². The summed E-state index contributed by atoms with van der Waals surface area (Å²) in [4.78, 5) is 13.6. The van der Waals surface area contributed by atoms with Gasteiger partial charge in [0, 0.05) is 38.5 Å². The number of benzene rings is 1. The monoisotopic (exact) mass is 474 g/mol. The Morgan fingerprint density at radius 3 is 2.27 bits per heavy atom. The van der Waals surface area contributed by atoms with Gasteiger partial charge in [-0.15, -0.1) is 0 Å². The number of aliphatic hydroxyl groups is 1. The molecular formula is C26H38O6Si. The highest BCUT2D eigenvalue weighted by Crippen LogP contribution is 2.59. The van der Waals surface area contributed by atoms with Crippen LogP contribution in [-0.4, -0.2) is 49.1 Å². The van der Waals surface area contributed by atoms with E-state index in [9.17, 15) is 9.90 Å². The molecule has 0 aromatic heterocycles. The standard InChI is InChI=1S/C26H38O6Si/c1-24(2,3)33(5,6)31-20-13-19(27)21(23(28)16-10-8-7-9-11-16)22(20)26-14-17-12-18(15-26)30-25(4,29-17)32-26/h7-11,17-18,20-23,28H,12-15H2,1-6H3/t17-,18+,20-,21+,22+,23+,25?,26?/m0/s1. The molecule has 2 aliphatic carbocycles. The topological polar surface area (TPSA) is 74.2 Å². The van der Waals surface area contributed by atoms with Gasteiger partial charge < -0.3 is 23.7 Å². The van der Waals surface area contributed by atoms with E-state index >= 15 is 0 Å². The van der Waals surface area contributed by atoms with Gasteiger partial charge in [0.15, 0.2) is 8.32 Å². The van der Waals surface area contributed by atoms with Gasteiger partial charge in [-0.1, -0.05) is 51.1 Å². The second-order valence-corrected chi connectivity index (χ2v) is 16.9. The summed E-state index contributed by atoms with van der Waals surface area (Å²) in [5.74, 6) is -1.88. The van der Waals surface area contributed by atoms with Crippen LogP contribution in [0.2, 0.25) is 18.1 Å². The van der Waals surface area contributed by atoms with Crippen LogP contribution in [0.3, 0.4) is 0 Å². The lowest BCUT2D eigenvalue weighted by Gasteiger charge is -2.62. The highest BCUT2D eigenvalue weighted by Gasteiger charge is 2.67. The van der Waals surface area contributed by atoms with Gasteiger partial charge in [-0.2, -0.15) is 0 Å². The molecule has 0 amide bonds. The number of Topliss-reactive ketones (excluding diaryl/α,β-unsaturated/α-hetero) is 1. The third-order valence-corrected chi connectivity index (χ3v) is 13.2. The average molecular weight is 475 g/mol. The molecule has 1 aromatic rings. The summed E-state index contributed by atoms with van der Waals surface area (Å²) in [6.45, 7) is 12.9. The fourth-order valence-corrected chi connectivity index (χ4v) is 7.77. The Labute approximate surface area is 198 Å². The molecule has 3 aliphatic heterocycles. The SMILES string of the molecule is CC12O[C@@H]3C[C@@H](CC([C@H]4[C@H]([C@H](O)c5ccccc5)C(=O)C[C@@H]4O[Si](C)(C)C(C)(C)C)(C3)O1)O2. The molecule has 33 heavy (non-hydrogen) atoms. The van der Waals surface area contributed by atoms with Gasteiger partial charge >= 0.3 is 0 Å². The van der Waals surface area contributed by atoms with Crippen molar-refractivity contribution in [3.05, 3.63) is 35.9 Å². The zero-order valence-corrected chi connectivity index (χ0v) is 21.7. The molecular weight excluding hydrogens is 436 g/mol. The molecule has 5 fully saturated rings. The molecule has 8 atom stereocenters. The number of carbonyl (C=O) groups is 1. The first-order valence-corrected chi connectivity index (χ1v) is 15.2. The zero-order valence-electron chi connectivity index (χ0n) is 20.7. The first-order valence-electron chi connectivity index (χ1n) is 12.3. The molecule has 7 heteroatoms. The third-order valence-electron chi connectivity index (χ3n) is 8.72. The van der Waals surface area contributed by atoms with Crippen molar-refractivity contribution < 1.29 is 28.5 Å². The number of hydrogen-bond acceptors (Lipinski definition) is 6. The van der Waals surface area contributed by atoms with Gasteiger partial charge in [-0.05, 0) is 23.7 Å². The normalized spacial score (nSPS) is 41.5. The van der Waals surface area contributed by atoms with Crippen LogP contribution in [-0.2, 0) is 23.4 Å². The largest absolute Gasteiger partial charge is 0.413 e. The first-order chi connectivity index (χ1) is 15.3. The van der Waals surface area contributed by atoms with Crippen molar-refractivity contribution in [3.8, 4) is 0 Å². The van der Waals surface area contributed by atoms with Crippen molar-refractivity contribution in [1.29, 1.82) is 0 Å². The van der Waals surface area contributed by atoms with E-state index in [0.717, 1.165) is 12.0 Å². The van der Waals surface area contributed by atoms with Gasteiger partial charge in [-0.25, -0.2) is 0 Å². The van der Waals surface area contributed by atoms with Crippen LogP contribution in [0.5, 0.6) is 0 Å². The predicted octanol–water partition coefficient (Wildman–Crippen LogP) is 4.73. The summed E-state index contributed by atoms with van der Waals surface area (Å²) >= 11 is 0. The van der Waals surface area contributed by atoms with Crippen molar-refractivity contribution in [1.82, 2.24) is 0 Å². The highest BCUT2D eigenvalue weighted by atomic mass is 28.4. The second kappa shape index (κ2) is 7.70. The molecule has 182 valence electrons. The summed E-state index contributed by atoms with van der Waals surface area (Å²) in [6, 6.07) is 9.52. The zero-order chi connectivity index (χ0) is 23.8. The molecule has 1 aromatic carbocycles. The number of ether oxygens (including phenoxy) is 3. The van der Waals surface area contributed by atoms with Crippen LogP contribution in [0.15, 0.2) is 30.3 Å². The molecule has 2 unspecified atom stereocenters. The van der Waals surface area contributed by atoms with Crippen LogP contribution in [0, 0.1) is 11.8 Å². The molecule has 3 saturated heterocycles. The van der Waals surface area contributed by atoms with Crippen LogP contribution < -0.4 is 0 Å². The van der Waals surface area contributed by atoms with Gasteiger partial charge in [0.05, 0.1) is 35.9 Å². The molecule has 0 spiro atoms. The Balaban J connectivity index is 1.56. The number of carbonyl (C=O) groups excluding carboxylic acids is 1. The van der Waals surface area contributed by atoms with Crippen molar-refractivity contribution in [2.24, 2.45) is 11.8 Å². The van der Waals surface area contributed by atoms with E-state index < -0.39 is 31.9 Å². The summed E-state index contributed by atoms with van der Waals surface area (Å²) < 4.78 is 25.7. The molecule has 0 radical (unpaired) electrons. The Morgan fingerprint density at radius 1 is 1.12 bits per heavy atom. The summed E-state index contributed by atoms with van der Waals surface area (Å²) in [7, 11) is -2.17. The Morgan fingerprint density at radius 2 is 1.73 bits per heavy atom. The quantitative estimate of drug-likeness (QED) is 0.622. The van der Waals surface area contributed by atoms with Gasteiger partial charge in [0.25, 0.3) is 5.97 Å². The number of aliphatic hydroxyl groups excluding tert-OH is 1. The second-order valence-electron chi connectivity index (χ2n) is 12.1. The minimum Gasteiger partial charge on any atom is -0.413 e. The number of rotatable bonds is 5. The first kappa shape index (κ1) is 23.6. The van der Waals surface area contributed by atoms with Crippen molar-refractivity contribution >= 4 is 14.1 Å². The Kier molecular flexibility index (Phi) is 5.52. The fourth-order valence-electron chi connectivity index (χ4n) is 6.43. The average Bonchev–Trinajstić information content (AvgIpc) is 3.01. The fraction of sp³-hybridized carbons (Fsp3) is 0.731. The van der Waals surface area contributed by atoms with Crippen LogP contribution in [0.1, 0.15) is 65.0 Å². The Bertz CT molecular complexity index is 895. The molecule has 2 saturated carbocycles. The molecule has 4 bridgehead atoms. The summed E-state index contributed by atoms with van der Waals surface area (Å²) in [6.07, 6.45) is 1.45. The molecule has 1 N–H and O–H groups in total. The van der Waals surface area contributed by atoms with Crippen molar-refractivity contribution in [2.75, 3.05) is 0 Å². The van der Waals surface area contributed by atoms with E-state index in [0.29, 0.717) is 19.3 Å². The van der Waals surface area contributed by atoms with Gasteiger partial charge in [-0.3, -0.25) is 4.79 Å². The lowest BCUT2D eigenvalue weighted by Crippen LogP contribution is -2.70. The maximum Gasteiger partial charge on any atom is 0.280 e. The van der Waals surface area contributed by atoms with E-state index in [-0.39, 0.29) is 35.1 Å². The van der Waals surface area contributed by atoms with Crippen LogP contribution in [0.4, 0.5) is 0 Å². The maximum atomic E-state index is 13.6. The number of ketones is 1. The van der Waals surface area contributed by atoms with Gasteiger partial charge in [0.1, 0.15) is 5.78 Å². The van der Waals surface area contributed by atoms with E-state index in [1.54, 1.807) is 0 Å². The van der Waals surface area contributed by atoms with Crippen LogP contribution >= 0.6 is 0 Å². The smallest absolute Gasteiger partial charge is 0.280 e. The highest BCUT2D eigenvalue weighted by molar-refractivity contribution is 6.74. The van der Waals surface area contributed by atoms with Crippen molar-refractivity contribution in [2.45, 2.75) is 108 Å².